The number of hydrogen-bond donors (Lipinski definition) is 2. The monoisotopic (exact) mass is 351 g/mol. The van der Waals surface area contributed by atoms with Gasteiger partial charge in [0.05, 0.1) is 5.75 Å². The zero-order valence-corrected chi connectivity index (χ0v) is 15.2. The number of nitrogens with two attached hydrogens (primary N) is 1. The zero-order chi connectivity index (χ0) is 18.0. The summed E-state index contributed by atoms with van der Waals surface area (Å²) in [5.41, 5.74) is 8.65. The molecule has 2 rings (SSSR count). The van der Waals surface area contributed by atoms with Gasteiger partial charge in [0.1, 0.15) is 10.6 Å². The normalized spacial score (nSPS) is 18.8. The molecule has 1 aromatic rings. The predicted octanol–water partition coefficient (Wildman–Crippen LogP) is 1.86. The first-order valence-electron chi connectivity index (χ1n) is 8.01. The van der Waals surface area contributed by atoms with Gasteiger partial charge in [-0.1, -0.05) is 6.07 Å². The van der Waals surface area contributed by atoms with Crippen LogP contribution in [0.5, 0.6) is 0 Å². The summed E-state index contributed by atoms with van der Waals surface area (Å²) in [6.45, 7) is 3.19. The number of aryl methyl sites for hydroxylation is 1. The molecule has 24 heavy (non-hydrogen) atoms. The van der Waals surface area contributed by atoms with E-state index < -0.39 is 14.6 Å². The van der Waals surface area contributed by atoms with Crippen molar-refractivity contribution in [2.45, 2.75) is 43.8 Å². The Morgan fingerprint density at radius 2 is 2.17 bits per heavy atom. The number of amides is 1. The first-order valence-corrected chi connectivity index (χ1v) is 9.66. The van der Waals surface area contributed by atoms with Crippen LogP contribution >= 0.6 is 0 Å². The largest absolute Gasteiger partial charge is 0.386 e. The molecule has 0 radical (unpaired) electrons. The molecule has 1 atom stereocenters. The Balaban J connectivity index is 2.35. The molecule has 0 saturated heterocycles. The standard InChI is InChI=1S/C17H25N3O3S/c1-17(2,16(18)19-3)24(22,23)10-13-6-4-5-12-7-8-14(20-11-21)9-15(12)13/h7-9,11,13H,4-6,10H2,1-3H3,(H2,18,19)(H,20,21). The van der Waals surface area contributed by atoms with E-state index in [2.05, 4.69) is 10.3 Å². The third-order valence-electron chi connectivity index (χ3n) is 4.87. The summed E-state index contributed by atoms with van der Waals surface area (Å²) in [4.78, 5) is 14.5. The van der Waals surface area contributed by atoms with Crippen LogP contribution in [0, 0.1) is 0 Å². The highest BCUT2D eigenvalue weighted by Crippen LogP contribution is 2.36. The molecule has 3 N–H and O–H groups in total. The van der Waals surface area contributed by atoms with Crippen LogP contribution in [0.15, 0.2) is 23.2 Å². The number of nitrogens with one attached hydrogen (secondary N) is 1. The molecular weight excluding hydrogens is 326 g/mol. The van der Waals surface area contributed by atoms with Gasteiger partial charge in [-0.05, 0) is 62.3 Å². The Morgan fingerprint density at radius 1 is 1.46 bits per heavy atom. The molecular formula is C17H25N3O3S. The Bertz CT molecular complexity index is 754. The minimum absolute atomic E-state index is 0.0216. The number of amidine groups is 1. The van der Waals surface area contributed by atoms with Crippen LogP contribution < -0.4 is 11.1 Å². The van der Waals surface area contributed by atoms with Crippen LogP contribution in [0.2, 0.25) is 0 Å². The fourth-order valence-corrected chi connectivity index (χ4v) is 4.83. The third kappa shape index (κ3) is 3.45. The second kappa shape index (κ2) is 6.93. The molecule has 132 valence electrons. The van der Waals surface area contributed by atoms with Gasteiger partial charge in [0.2, 0.25) is 6.41 Å². The molecule has 0 aliphatic heterocycles. The highest BCUT2D eigenvalue weighted by molar-refractivity contribution is 7.93. The Hall–Kier alpha value is -1.89. The van der Waals surface area contributed by atoms with Crippen LogP contribution in [0.25, 0.3) is 0 Å². The maximum Gasteiger partial charge on any atom is 0.211 e. The molecule has 7 heteroatoms. The molecule has 1 aliphatic rings. The van der Waals surface area contributed by atoms with E-state index in [9.17, 15) is 13.2 Å². The van der Waals surface area contributed by atoms with E-state index >= 15 is 0 Å². The van der Waals surface area contributed by atoms with Gasteiger partial charge in [-0.25, -0.2) is 8.42 Å². The highest BCUT2D eigenvalue weighted by Gasteiger charge is 2.40. The first kappa shape index (κ1) is 18.4. The van der Waals surface area contributed by atoms with E-state index in [1.807, 2.05) is 18.2 Å². The average molecular weight is 351 g/mol. The fraction of sp³-hybridized carbons (Fsp3) is 0.529. The van der Waals surface area contributed by atoms with Gasteiger partial charge in [0.15, 0.2) is 9.84 Å². The number of carbonyl (C=O) groups excluding carboxylic acids is 1. The van der Waals surface area contributed by atoms with E-state index in [1.54, 1.807) is 13.8 Å². The smallest absolute Gasteiger partial charge is 0.211 e. The van der Waals surface area contributed by atoms with E-state index in [1.165, 1.54) is 7.05 Å². The molecule has 0 spiro atoms. The van der Waals surface area contributed by atoms with E-state index in [0.29, 0.717) is 12.1 Å². The van der Waals surface area contributed by atoms with Crippen molar-refractivity contribution in [3.63, 3.8) is 0 Å². The Labute approximate surface area is 143 Å². The summed E-state index contributed by atoms with van der Waals surface area (Å²) in [5.74, 6) is 0.0410. The summed E-state index contributed by atoms with van der Waals surface area (Å²) in [6, 6.07) is 5.69. The van der Waals surface area contributed by atoms with Gasteiger partial charge in [-0.2, -0.15) is 0 Å². The summed E-state index contributed by atoms with van der Waals surface area (Å²) in [7, 11) is -1.98. The number of rotatable bonds is 6. The van der Waals surface area contributed by atoms with Crippen molar-refractivity contribution >= 4 is 27.8 Å². The number of sulfone groups is 1. The third-order valence-corrected chi connectivity index (χ3v) is 7.47. The molecule has 6 nitrogen and oxygen atoms in total. The molecule has 0 bridgehead atoms. The van der Waals surface area contributed by atoms with Crippen LogP contribution in [0.3, 0.4) is 0 Å². The van der Waals surface area contributed by atoms with E-state index in [-0.39, 0.29) is 17.5 Å². The number of nitrogens with zero attached hydrogens (tertiary/aromatic N) is 1. The van der Waals surface area contributed by atoms with E-state index in [4.69, 9.17) is 5.73 Å². The van der Waals surface area contributed by atoms with Crippen molar-refractivity contribution in [2.75, 3.05) is 18.1 Å². The lowest BCUT2D eigenvalue weighted by Gasteiger charge is -2.30. The quantitative estimate of drug-likeness (QED) is 0.464. The van der Waals surface area contributed by atoms with Gasteiger partial charge in [0, 0.05) is 12.7 Å². The molecule has 1 aromatic carbocycles. The molecule has 0 heterocycles. The predicted molar refractivity (Wildman–Crippen MR) is 97.2 cm³/mol. The minimum atomic E-state index is -3.48. The van der Waals surface area contributed by atoms with Gasteiger partial charge in [0.25, 0.3) is 0 Å². The lowest BCUT2D eigenvalue weighted by molar-refractivity contribution is -0.105. The van der Waals surface area contributed by atoms with Gasteiger partial charge in [-0.3, -0.25) is 9.79 Å². The number of benzene rings is 1. The summed E-state index contributed by atoms with van der Waals surface area (Å²) in [5, 5.41) is 2.63. The SMILES string of the molecule is CN=C(N)C(C)(C)S(=O)(=O)CC1CCCc2ccc(NC=O)cc21. The lowest BCUT2D eigenvalue weighted by Crippen LogP contribution is -2.47. The lowest BCUT2D eigenvalue weighted by atomic mass is 9.83. The van der Waals surface area contributed by atoms with Gasteiger partial charge < -0.3 is 11.1 Å². The van der Waals surface area contributed by atoms with Crippen molar-refractivity contribution in [2.24, 2.45) is 10.7 Å². The molecule has 0 saturated carbocycles. The first-order chi connectivity index (χ1) is 11.2. The van der Waals surface area contributed by atoms with Crippen molar-refractivity contribution in [1.82, 2.24) is 0 Å². The van der Waals surface area contributed by atoms with Crippen molar-refractivity contribution < 1.29 is 13.2 Å². The second-order valence-electron chi connectivity index (χ2n) is 6.67. The van der Waals surface area contributed by atoms with E-state index in [0.717, 1.165) is 30.4 Å². The number of aliphatic imine (C=N–C) groups is 1. The van der Waals surface area contributed by atoms with Gasteiger partial charge >= 0.3 is 0 Å². The molecule has 1 unspecified atom stereocenters. The molecule has 1 aliphatic carbocycles. The van der Waals surface area contributed by atoms with Crippen LogP contribution in [0.4, 0.5) is 5.69 Å². The maximum atomic E-state index is 12.9. The second-order valence-corrected chi connectivity index (χ2v) is 9.25. The number of anilines is 1. The van der Waals surface area contributed by atoms with Crippen molar-refractivity contribution in [1.29, 1.82) is 0 Å². The number of fused-ring (bicyclic) bond motifs is 1. The molecule has 0 aromatic heterocycles. The minimum Gasteiger partial charge on any atom is -0.386 e. The number of carbonyl (C=O) groups is 1. The number of hydrogen-bond acceptors (Lipinski definition) is 4. The van der Waals surface area contributed by atoms with Gasteiger partial charge in [-0.15, -0.1) is 0 Å². The average Bonchev–Trinajstić information content (AvgIpc) is 2.54. The van der Waals surface area contributed by atoms with Crippen LogP contribution in [0.1, 0.15) is 43.7 Å². The summed E-state index contributed by atoms with van der Waals surface area (Å²) < 4.78 is 24.6. The highest BCUT2D eigenvalue weighted by atomic mass is 32.2. The van der Waals surface area contributed by atoms with Crippen LogP contribution in [-0.4, -0.2) is 38.2 Å². The van der Waals surface area contributed by atoms with Crippen LogP contribution in [-0.2, 0) is 21.1 Å². The molecule has 0 fully saturated rings. The Morgan fingerprint density at radius 3 is 2.79 bits per heavy atom. The Kier molecular flexibility index (Phi) is 5.32. The summed E-state index contributed by atoms with van der Waals surface area (Å²) >= 11 is 0. The summed E-state index contributed by atoms with van der Waals surface area (Å²) in [6.07, 6.45) is 3.30. The maximum absolute atomic E-state index is 12.9. The van der Waals surface area contributed by atoms with Crippen molar-refractivity contribution in [3.05, 3.63) is 29.3 Å². The van der Waals surface area contributed by atoms with Crippen molar-refractivity contribution in [3.8, 4) is 0 Å². The molecule has 1 amide bonds. The fourth-order valence-electron chi connectivity index (χ4n) is 3.13. The topological polar surface area (TPSA) is 102 Å². The zero-order valence-electron chi connectivity index (χ0n) is 14.4.